The summed E-state index contributed by atoms with van der Waals surface area (Å²) in [6, 6.07) is 0. The lowest BCUT2D eigenvalue weighted by molar-refractivity contribution is 0.753. The molecule has 6 heavy (non-hydrogen) atoms. The molecule has 1 aliphatic heterocycles. The second-order valence-electron chi connectivity index (χ2n) is 1.36. The van der Waals surface area contributed by atoms with Crippen molar-refractivity contribution in [1.82, 2.24) is 4.90 Å². The fraction of sp³-hybridized carbons (Fsp3) is 0.500. The predicted octanol–water partition coefficient (Wildman–Crippen LogP) is 1.01. The highest BCUT2D eigenvalue weighted by Crippen LogP contribution is 2.14. The molecule has 0 radical (unpaired) electrons. The van der Waals surface area contributed by atoms with Crippen LogP contribution in [-0.2, 0) is 0 Å². The van der Waals surface area contributed by atoms with E-state index in [9.17, 15) is 0 Å². The van der Waals surface area contributed by atoms with Crippen LogP contribution in [0, 0.1) is 0 Å². The van der Waals surface area contributed by atoms with Crippen LogP contribution in [0.3, 0.4) is 0 Å². The SMILES string of the molecule is C=C(Cl)N1CC1. The summed E-state index contributed by atoms with van der Waals surface area (Å²) in [5.74, 6) is 0. The number of rotatable bonds is 1. The van der Waals surface area contributed by atoms with Gasteiger partial charge in [-0.2, -0.15) is 0 Å². The number of halogens is 1. The lowest BCUT2D eigenvalue weighted by atomic mass is 11.0. The van der Waals surface area contributed by atoms with E-state index >= 15 is 0 Å². The van der Waals surface area contributed by atoms with Crippen LogP contribution in [0.5, 0.6) is 0 Å². The molecule has 0 aromatic heterocycles. The lowest BCUT2D eigenvalue weighted by Crippen LogP contribution is -1.83. The Morgan fingerprint density at radius 2 is 2.17 bits per heavy atom. The van der Waals surface area contributed by atoms with Crippen molar-refractivity contribution in [3.8, 4) is 0 Å². The van der Waals surface area contributed by atoms with Crippen LogP contribution in [0.15, 0.2) is 11.7 Å². The van der Waals surface area contributed by atoms with Gasteiger partial charge in [0.1, 0.15) is 0 Å². The third kappa shape index (κ3) is 0.658. The average Bonchev–Trinajstić information content (AvgIpc) is 2.06. The molecule has 0 bridgehead atoms. The molecule has 1 nitrogen and oxygen atoms in total. The molecule has 0 N–H and O–H groups in total. The van der Waals surface area contributed by atoms with Crippen molar-refractivity contribution >= 4 is 11.6 Å². The molecular weight excluding hydrogens is 97.5 g/mol. The van der Waals surface area contributed by atoms with E-state index in [1.165, 1.54) is 0 Å². The van der Waals surface area contributed by atoms with Crippen LogP contribution >= 0.6 is 11.6 Å². The largest absolute Gasteiger partial charge is 0.359 e. The van der Waals surface area contributed by atoms with Crippen LogP contribution in [-0.4, -0.2) is 18.0 Å². The summed E-state index contributed by atoms with van der Waals surface area (Å²) in [7, 11) is 0. The van der Waals surface area contributed by atoms with Gasteiger partial charge in [0.25, 0.3) is 0 Å². The van der Waals surface area contributed by atoms with Crippen LogP contribution < -0.4 is 0 Å². The highest BCUT2D eigenvalue weighted by Gasteiger charge is 2.16. The van der Waals surface area contributed by atoms with Crippen molar-refractivity contribution in [3.05, 3.63) is 11.7 Å². The van der Waals surface area contributed by atoms with Crippen LogP contribution in [0.25, 0.3) is 0 Å². The van der Waals surface area contributed by atoms with E-state index in [1.807, 2.05) is 4.90 Å². The Hall–Kier alpha value is -0.170. The molecule has 1 aliphatic rings. The first-order chi connectivity index (χ1) is 2.80. The normalized spacial score (nSPS) is 17.8. The van der Waals surface area contributed by atoms with Gasteiger partial charge >= 0.3 is 0 Å². The van der Waals surface area contributed by atoms with Crippen molar-refractivity contribution in [1.29, 1.82) is 0 Å². The first kappa shape index (κ1) is 4.00. The molecule has 0 atom stereocenters. The molecule has 0 amide bonds. The van der Waals surface area contributed by atoms with Gasteiger partial charge < -0.3 is 4.90 Å². The number of hydrogen-bond acceptors (Lipinski definition) is 1. The van der Waals surface area contributed by atoms with Gasteiger partial charge in [-0.1, -0.05) is 18.2 Å². The lowest BCUT2D eigenvalue weighted by Gasteiger charge is -1.89. The Kier molecular flexibility index (Phi) is 0.771. The topological polar surface area (TPSA) is 3.01 Å². The molecular formula is C4H6ClN. The first-order valence-electron chi connectivity index (χ1n) is 1.90. The van der Waals surface area contributed by atoms with Crippen molar-refractivity contribution in [2.45, 2.75) is 0 Å². The summed E-state index contributed by atoms with van der Waals surface area (Å²) in [5.41, 5.74) is 0. The molecule has 1 rings (SSSR count). The molecule has 1 saturated heterocycles. The Morgan fingerprint density at radius 3 is 2.17 bits per heavy atom. The Bertz CT molecular complexity index is 75.6. The number of hydrogen-bond donors (Lipinski definition) is 0. The summed E-state index contributed by atoms with van der Waals surface area (Å²) in [6.07, 6.45) is 0. The molecule has 0 aromatic carbocycles. The van der Waals surface area contributed by atoms with E-state index < -0.39 is 0 Å². The van der Waals surface area contributed by atoms with Crippen LogP contribution in [0.4, 0.5) is 0 Å². The van der Waals surface area contributed by atoms with Gasteiger partial charge in [-0.25, -0.2) is 0 Å². The first-order valence-corrected chi connectivity index (χ1v) is 2.28. The minimum Gasteiger partial charge on any atom is -0.359 e. The summed E-state index contributed by atoms with van der Waals surface area (Å²) < 4.78 is 0. The van der Waals surface area contributed by atoms with Crippen LogP contribution in [0.1, 0.15) is 0 Å². The maximum absolute atomic E-state index is 5.41. The van der Waals surface area contributed by atoms with E-state index in [-0.39, 0.29) is 0 Å². The van der Waals surface area contributed by atoms with E-state index in [0.29, 0.717) is 5.16 Å². The summed E-state index contributed by atoms with van der Waals surface area (Å²) >= 11 is 5.41. The zero-order chi connectivity index (χ0) is 4.57. The molecule has 0 unspecified atom stereocenters. The molecule has 0 saturated carbocycles. The Morgan fingerprint density at radius 1 is 1.67 bits per heavy atom. The van der Waals surface area contributed by atoms with Crippen LogP contribution in [0.2, 0.25) is 0 Å². The smallest absolute Gasteiger partial charge is 0.0972 e. The highest BCUT2D eigenvalue weighted by atomic mass is 35.5. The molecule has 34 valence electrons. The maximum Gasteiger partial charge on any atom is 0.0972 e. The predicted molar refractivity (Wildman–Crippen MR) is 26.6 cm³/mol. The minimum atomic E-state index is 0.676. The molecule has 0 aliphatic carbocycles. The van der Waals surface area contributed by atoms with Crippen molar-refractivity contribution in [2.24, 2.45) is 0 Å². The third-order valence-corrected chi connectivity index (χ3v) is 1.03. The van der Waals surface area contributed by atoms with Gasteiger partial charge in [-0.3, -0.25) is 0 Å². The Balaban J connectivity index is 2.31. The second kappa shape index (κ2) is 1.16. The number of nitrogens with zero attached hydrogens (tertiary/aromatic N) is 1. The van der Waals surface area contributed by atoms with Crippen molar-refractivity contribution in [3.63, 3.8) is 0 Å². The maximum atomic E-state index is 5.41. The fourth-order valence-electron chi connectivity index (χ4n) is 0.293. The van der Waals surface area contributed by atoms with Gasteiger partial charge in [-0.15, -0.1) is 0 Å². The van der Waals surface area contributed by atoms with Gasteiger partial charge in [0, 0.05) is 13.1 Å². The van der Waals surface area contributed by atoms with E-state index in [2.05, 4.69) is 6.58 Å². The summed E-state index contributed by atoms with van der Waals surface area (Å²) in [5, 5.41) is 0.676. The monoisotopic (exact) mass is 103 g/mol. The summed E-state index contributed by atoms with van der Waals surface area (Å²) in [6.45, 7) is 5.71. The molecule has 1 heterocycles. The zero-order valence-corrected chi connectivity index (χ0v) is 4.20. The second-order valence-corrected chi connectivity index (χ2v) is 1.80. The quantitative estimate of drug-likeness (QED) is 0.354. The Labute approximate surface area is 42.2 Å². The fourth-order valence-corrected chi connectivity index (χ4v) is 0.462. The minimum absolute atomic E-state index is 0.676. The van der Waals surface area contributed by atoms with Gasteiger partial charge in [0.2, 0.25) is 0 Å². The standard InChI is InChI=1S/C4H6ClN/c1-4(5)6-2-3-6/h1-3H2. The van der Waals surface area contributed by atoms with Gasteiger partial charge in [0.05, 0.1) is 5.16 Å². The molecule has 0 aromatic rings. The van der Waals surface area contributed by atoms with E-state index in [4.69, 9.17) is 11.6 Å². The summed E-state index contributed by atoms with van der Waals surface area (Å²) in [4.78, 5) is 1.99. The van der Waals surface area contributed by atoms with E-state index in [0.717, 1.165) is 13.1 Å². The third-order valence-electron chi connectivity index (χ3n) is 0.790. The zero-order valence-electron chi connectivity index (χ0n) is 3.45. The van der Waals surface area contributed by atoms with E-state index in [1.54, 1.807) is 0 Å². The molecule has 0 spiro atoms. The van der Waals surface area contributed by atoms with Crippen molar-refractivity contribution < 1.29 is 0 Å². The van der Waals surface area contributed by atoms with Crippen molar-refractivity contribution in [2.75, 3.05) is 13.1 Å². The molecule has 2 heteroatoms. The molecule has 1 fully saturated rings. The van der Waals surface area contributed by atoms with Gasteiger partial charge in [0.15, 0.2) is 0 Å². The highest BCUT2D eigenvalue weighted by molar-refractivity contribution is 6.29. The average molecular weight is 104 g/mol. The van der Waals surface area contributed by atoms with Gasteiger partial charge in [-0.05, 0) is 0 Å².